The van der Waals surface area contributed by atoms with E-state index in [0.29, 0.717) is 10.6 Å². The van der Waals surface area contributed by atoms with Gasteiger partial charge in [0, 0.05) is 10.7 Å². The molecule has 0 spiro atoms. The van der Waals surface area contributed by atoms with Gasteiger partial charge in [-0.3, -0.25) is 4.79 Å². The van der Waals surface area contributed by atoms with Crippen LogP contribution in [0, 0.1) is 11.3 Å². The Morgan fingerprint density at radius 1 is 1.35 bits per heavy atom. The zero-order valence-corrected chi connectivity index (χ0v) is 12.7. The van der Waals surface area contributed by atoms with Crippen molar-refractivity contribution in [1.82, 2.24) is 4.98 Å². The lowest BCUT2D eigenvalue weighted by Crippen LogP contribution is -2.19. The summed E-state index contributed by atoms with van der Waals surface area (Å²) in [6, 6.07) is 12.7. The number of hydrogen-bond acceptors (Lipinski definition) is 4. The van der Waals surface area contributed by atoms with Crippen LogP contribution in [-0.4, -0.2) is 10.9 Å². The topological polar surface area (TPSA) is 79.8 Å². The van der Waals surface area contributed by atoms with Crippen LogP contribution in [0.25, 0.3) is 0 Å². The largest absolute Gasteiger partial charge is 0.368 e. The van der Waals surface area contributed by atoms with E-state index in [2.05, 4.69) is 20.9 Å². The van der Waals surface area contributed by atoms with Gasteiger partial charge in [0.2, 0.25) is 5.91 Å². The zero-order chi connectivity index (χ0) is 14.5. The minimum atomic E-state index is -0.537. The number of carbonyl (C=O) groups excluding carboxylic acids is 1. The lowest BCUT2D eigenvalue weighted by Gasteiger charge is -2.13. The monoisotopic (exact) mass is 347 g/mol. The van der Waals surface area contributed by atoms with Gasteiger partial charge in [-0.05, 0) is 29.8 Å². The molecule has 100 valence electrons. The highest BCUT2D eigenvalue weighted by molar-refractivity contribution is 9.10. The number of benzene rings is 1. The molecule has 2 aromatic rings. The summed E-state index contributed by atoms with van der Waals surface area (Å²) in [5.41, 5.74) is 6.76. The molecule has 1 aromatic heterocycles. The normalized spacial score (nSPS) is 11.6. The summed E-state index contributed by atoms with van der Waals surface area (Å²) in [6.45, 7) is 0. The molecular weight excluding hydrogens is 338 g/mol. The summed E-state index contributed by atoms with van der Waals surface area (Å²) < 4.78 is 0.930. The number of nitrogens with two attached hydrogens (primary N) is 1. The second kappa shape index (κ2) is 6.55. The fourth-order valence-corrected chi connectivity index (χ4v) is 2.82. The molecule has 0 saturated carbocycles. The van der Waals surface area contributed by atoms with E-state index in [9.17, 15) is 4.79 Å². The van der Waals surface area contributed by atoms with E-state index in [-0.39, 0.29) is 0 Å². The number of primary amides is 1. The number of carbonyl (C=O) groups is 1. The Morgan fingerprint density at radius 3 is 2.65 bits per heavy atom. The summed E-state index contributed by atoms with van der Waals surface area (Å²) in [5, 5.41) is 8.92. The molecule has 0 aliphatic heterocycles. The number of nitrogens with zero attached hydrogens (tertiary/aromatic N) is 2. The SMILES string of the molecule is N#Cc1ccnc(S[C@@H](C(N)=O)c2ccc(Br)cc2)c1. The summed E-state index contributed by atoms with van der Waals surface area (Å²) in [4.78, 5) is 15.8. The van der Waals surface area contributed by atoms with Gasteiger partial charge in [0.05, 0.1) is 16.7 Å². The molecule has 1 atom stereocenters. The first kappa shape index (κ1) is 14.6. The molecule has 1 amide bonds. The van der Waals surface area contributed by atoms with Crippen LogP contribution in [0.3, 0.4) is 0 Å². The smallest absolute Gasteiger partial charge is 0.235 e. The highest BCUT2D eigenvalue weighted by Crippen LogP contribution is 2.34. The zero-order valence-electron chi connectivity index (χ0n) is 10.3. The van der Waals surface area contributed by atoms with Crippen molar-refractivity contribution in [3.8, 4) is 6.07 Å². The van der Waals surface area contributed by atoms with E-state index in [1.54, 1.807) is 18.3 Å². The third-order valence-electron chi connectivity index (χ3n) is 2.53. The van der Waals surface area contributed by atoms with Crippen molar-refractivity contribution < 1.29 is 4.79 Å². The number of hydrogen-bond donors (Lipinski definition) is 1. The Morgan fingerprint density at radius 2 is 2.05 bits per heavy atom. The Kier molecular flexibility index (Phi) is 4.77. The van der Waals surface area contributed by atoms with Gasteiger partial charge in [0.1, 0.15) is 5.25 Å². The van der Waals surface area contributed by atoms with E-state index in [4.69, 9.17) is 11.0 Å². The van der Waals surface area contributed by atoms with Gasteiger partial charge >= 0.3 is 0 Å². The molecule has 0 radical (unpaired) electrons. The standard InChI is InChI=1S/C14H10BrN3OS/c15-11-3-1-10(2-4-11)13(14(17)19)20-12-7-9(8-16)5-6-18-12/h1-7,13H,(H2,17,19)/t13-/m1/s1. The molecule has 0 bridgehead atoms. The lowest BCUT2D eigenvalue weighted by atomic mass is 10.1. The Bertz CT molecular complexity index is 667. The molecule has 1 heterocycles. The van der Waals surface area contributed by atoms with Gasteiger partial charge in [0.15, 0.2) is 0 Å². The molecule has 0 aliphatic carbocycles. The van der Waals surface area contributed by atoms with E-state index < -0.39 is 11.2 Å². The van der Waals surface area contributed by atoms with Gasteiger partial charge in [0.25, 0.3) is 0 Å². The van der Waals surface area contributed by atoms with E-state index >= 15 is 0 Å². The predicted octanol–water partition coefficient (Wildman–Crippen LogP) is 3.03. The fraction of sp³-hybridized carbons (Fsp3) is 0.0714. The lowest BCUT2D eigenvalue weighted by molar-refractivity contribution is -0.117. The summed E-state index contributed by atoms with van der Waals surface area (Å²) >= 11 is 4.58. The fourth-order valence-electron chi connectivity index (χ4n) is 1.59. The van der Waals surface area contributed by atoms with Gasteiger partial charge in [-0.15, -0.1) is 0 Å². The van der Waals surface area contributed by atoms with Crippen molar-refractivity contribution in [3.63, 3.8) is 0 Å². The number of amides is 1. The molecule has 4 nitrogen and oxygen atoms in total. The molecular formula is C14H10BrN3OS. The third-order valence-corrected chi connectivity index (χ3v) is 4.27. The van der Waals surface area contributed by atoms with E-state index in [0.717, 1.165) is 10.0 Å². The van der Waals surface area contributed by atoms with E-state index in [1.165, 1.54) is 11.8 Å². The molecule has 2 rings (SSSR count). The molecule has 20 heavy (non-hydrogen) atoms. The van der Waals surface area contributed by atoms with Gasteiger partial charge in [-0.25, -0.2) is 4.98 Å². The predicted molar refractivity (Wildman–Crippen MR) is 80.9 cm³/mol. The minimum Gasteiger partial charge on any atom is -0.368 e. The summed E-state index contributed by atoms with van der Waals surface area (Å²) in [5.74, 6) is -0.443. The minimum absolute atomic E-state index is 0.443. The molecule has 2 N–H and O–H groups in total. The maximum atomic E-state index is 11.6. The Balaban J connectivity index is 2.28. The van der Waals surface area contributed by atoms with Crippen molar-refractivity contribution in [1.29, 1.82) is 5.26 Å². The van der Waals surface area contributed by atoms with Crippen LogP contribution in [0.1, 0.15) is 16.4 Å². The van der Waals surface area contributed by atoms with Gasteiger partial charge < -0.3 is 5.73 Å². The quantitative estimate of drug-likeness (QED) is 0.862. The van der Waals surface area contributed by atoms with Crippen LogP contribution in [0.5, 0.6) is 0 Å². The van der Waals surface area contributed by atoms with Crippen molar-refractivity contribution in [2.24, 2.45) is 5.73 Å². The second-order valence-electron chi connectivity index (χ2n) is 3.95. The third kappa shape index (κ3) is 3.59. The number of pyridine rings is 1. The van der Waals surface area contributed by atoms with Gasteiger partial charge in [-0.1, -0.05) is 39.8 Å². The highest BCUT2D eigenvalue weighted by atomic mass is 79.9. The maximum Gasteiger partial charge on any atom is 0.235 e. The Hall–Kier alpha value is -1.84. The number of halogens is 1. The molecule has 1 aromatic carbocycles. The van der Waals surface area contributed by atoms with E-state index in [1.807, 2.05) is 30.3 Å². The first-order valence-corrected chi connectivity index (χ1v) is 7.35. The van der Waals surface area contributed by atoms with Crippen molar-refractivity contribution in [2.45, 2.75) is 10.3 Å². The summed E-state index contributed by atoms with van der Waals surface area (Å²) in [7, 11) is 0. The molecule has 0 unspecified atom stereocenters. The molecule has 6 heteroatoms. The molecule has 0 aliphatic rings. The van der Waals surface area contributed by atoms with Crippen LogP contribution in [0.4, 0.5) is 0 Å². The van der Waals surface area contributed by atoms with Crippen LogP contribution >= 0.6 is 27.7 Å². The highest BCUT2D eigenvalue weighted by Gasteiger charge is 2.20. The van der Waals surface area contributed by atoms with Crippen molar-refractivity contribution >= 4 is 33.6 Å². The summed E-state index contributed by atoms with van der Waals surface area (Å²) in [6.07, 6.45) is 1.54. The average molecular weight is 348 g/mol. The first-order valence-electron chi connectivity index (χ1n) is 5.68. The van der Waals surface area contributed by atoms with Crippen LogP contribution in [0.15, 0.2) is 52.1 Å². The maximum absolute atomic E-state index is 11.6. The van der Waals surface area contributed by atoms with Crippen LogP contribution < -0.4 is 5.73 Å². The first-order chi connectivity index (χ1) is 9.60. The van der Waals surface area contributed by atoms with Crippen molar-refractivity contribution in [2.75, 3.05) is 0 Å². The number of rotatable bonds is 4. The van der Waals surface area contributed by atoms with Crippen molar-refractivity contribution in [3.05, 3.63) is 58.2 Å². The molecule has 0 saturated heterocycles. The Labute approximate surface area is 129 Å². The van der Waals surface area contributed by atoms with Crippen LogP contribution in [-0.2, 0) is 4.79 Å². The molecule has 0 fully saturated rings. The number of thioether (sulfide) groups is 1. The second-order valence-corrected chi connectivity index (χ2v) is 5.99. The van der Waals surface area contributed by atoms with Crippen LogP contribution in [0.2, 0.25) is 0 Å². The average Bonchev–Trinajstić information content (AvgIpc) is 2.46. The van der Waals surface area contributed by atoms with Gasteiger partial charge in [-0.2, -0.15) is 5.26 Å². The number of nitriles is 1. The number of aromatic nitrogens is 1.